The molecular weight excluding hydrogens is 264 g/mol. The molecule has 0 aliphatic carbocycles. The van der Waals surface area contributed by atoms with Crippen molar-refractivity contribution >= 4 is 21.6 Å². The third kappa shape index (κ3) is 3.86. The Labute approximate surface area is 106 Å². The average molecular weight is 281 g/mol. The Bertz CT molecular complexity index is 405. The van der Waals surface area contributed by atoms with Crippen molar-refractivity contribution in [2.75, 3.05) is 11.9 Å². The summed E-state index contributed by atoms with van der Waals surface area (Å²) >= 11 is 3.40. The van der Waals surface area contributed by atoms with E-state index < -0.39 is 0 Å². The smallest absolute Gasteiger partial charge is 0.0992 e. The summed E-state index contributed by atoms with van der Waals surface area (Å²) < 4.78 is 0.934. The maximum atomic E-state index is 8.86. The van der Waals surface area contributed by atoms with Gasteiger partial charge in [0.15, 0.2) is 0 Å². The molecule has 0 aromatic heterocycles. The Kier molecular flexibility index (Phi) is 4.37. The summed E-state index contributed by atoms with van der Waals surface area (Å²) in [7, 11) is 0. The summed E-state index contributed by atoms with van der Waals surface area (Å²) in [4.78, 5) is 0. The van der Waals surface area contributed by atoms with Gasteiger partial charge in [-0.3, -0.25) is 0 Å². The second-order valence-corrected chi connectivity index (χ2v) is 5.63. The quantitative estimate of drug-likeness (QED) is 0.899. The highest BCUT2D eigenvalue weighted by molar-refractivity contribution is 9.10. The minimum Gasteiger partial charge on any atom is -0.384 e. The summed E-state index contributed by atoms with van der Waals surface area (Å²) in [6.45, 7) is 7.54. The van der Waals surface area contributed by atoms with Crippen molar-refractivity contribution < 1.29 is 0 Å². The van der Waals surface area contributed by atoms with Gasteiger partial charge in [-0.15, -0.1) is 0 Å². The fourth-order valence-electron chi connectivity index (χ4n) is 1.22. The van der Waals surface area contributed by atoms with Crippen LogP contribution in [0.15, 0.2) is 22.7 Å². The van der Waals surface area contributed by atoms with Crippen LogP contribution in [0.1, 0.15) is 32.8 Å². The molecule has 0 amide bonds. The highest BCUT2D eigenvalue weighted by Gasteiger charge is 2.14. The molecule has 3 heteroatoms. The molecule has 0 saturated heterocycles. The molecule has 1 N–H and O–H groups in total. The van der Waals surface area contributed by atoms with Crippen molar-refractivity contribution in [1.29, 1.82) is 5.26 Å². The van der Waals surface area contributed by atoms with Crippen molar-refractivity contribution in [3.8, 4) is 6.07 Å². The van der Waals surface area contributed by atoms with Crippen LogP contribution in [0, 0.1) is 16.7 Å². The number of nitrogens with one attached hydrogen (secondary N) is 1. The molecule has 0 atom stereocenters. The van der Waals surface area contributed by atoms with Crippen molar-refractivity contribution in [1.82, 2.24) is 0 Å². The highest BCUT2D eigenvalue weighted by Crippen LogP contribution is 2.23. The molecule has 1 aromatic carbocycles. The van der Waals surface area contributed by atoms with Gasteiger partial charge in [0.1, 0.15) is 0 Å². The Morgan fingerprint density at radius 1 is 1.38 bits per heavy atom. The van der Waals surface area contributed by atoms with Gasteiger partial charge >= 0.3 is 0 Å². The van der Waals surface area contributed by atoms with E-state index in [1.807, 2.05) is 18.2 Å². The van der Waals surface area contributed by atoms with Crippen LogP contribution in [0.5, 0.6) is 0 Å². The van der Waals surface area contributed by atoms with E-state index in [2.05, 4.69) is 48.1 Å². The van der Waals surface area contributed by atoms with E-state index in [0.29, 0.717) is 5.56 Å². The summed E-state index contributed by atoms with van der Waals surface area (Å²) in [6.07, 6.45) is 1.12. The molecular formula is C13H17BrN2. The molecule has 1 rings (SSSR count). The first-order valence-electron chi connectivity index (χ1n) is 5.41. The first kappa shape index (κ1) is 13.1. The summed E-state index contributed by atoms with van der Waals surface area (Å²) in [5.41, 5.74) is 1.94. The van der Waals surface area contributed by atoms with Crippen molar-refractivity contribution in [2.45, 2.75) is 27.2 Å². The van der Waals surface area contributed by atoms with Gasteiger partial charge in [-0.05, 0) is 30.0 Å². The minimum atomic E-state index is 0.273. The fraction of sp³-hybridized carbons (Fsp3) is 0.462. The van der Waals surface area contributed by atoms with E-state index in [1.165, 1.54) is 0 Å². The van der Waals surface area contributed by atoms with E-state index in [4.69, 9.17) is 5.26 Å². The summed E-state index contributed by atoms with van der Waals surface area (Å²) in [5.74, 6) is 0. The lowest BCUT2D eigenvalue weighted by atomic mass is 9.90. The van der Waals surface area contributed by atoms with Crippen LogP contribution < -0.4 is 5.32 Å². The van der Waals surface area contributed by atoms with Crippen molar-refractivity contribution in [2.24, 2.45) is 5.41 Å². The third-order valence-corrected chi connectivity index (χ3v) is 3.21. The van der Waals surface area contributed by atoms with Gasteiger partial charge in [-0.25, -0.2) is 0 Å². The largest absolute Gasteiger partial charge is 0.384 e. The standard InChI is InChI=1S/C13H17BrN2/c1-4-13(2,3)9-16-12-6-10(8-15)5-11(14)7-12/h5-7,16H,4,9H2,1-3H3. The molecule has 0 fully saturated rings. The predicted molar refractivity (Wildman–Crippen MR) is 71.4 cm³/mol. The Morgan fingerprint density at radius 2 is 2.06 bits per heavy atom. The zero-order valence-corrected chi connectivity index (χ0v) is 11.6. The topological polar surface area (TPSA) is 35.8 Å². The van der Waals surface area contributed by atoms with E-state index in [1.54, 1.807) is 0 Å². The zero-order chi connectivity index (χ0) is 12.2. The molecule has 0 radical (unpaired) electrons. The number of hydrogen-bond donors (Lipinski definition) is 1. The van der Waals surface area contributed by atoms with E-state index in [9.17, 15) is 0 Å². The lowest BCUT2D eigenvalue weighted by molar-refractivity contribution is 0.377. The van der Waals surface area contributed by atoms with Gasteiger partial charge in [-0.2, -0.15) is 5.26 Å². The summed E-state index contributed by atoms with van der Waals surface area (Å²) in [5, 5.41) is 12.2. The summed E-state index contributed by atoms with van der Waals surface area (Å²) in [6, 6.07) is 7.83. The van der Waals surface area contributed by atoms with Crippen LogP contribution in [-0.4, -0.2) is 6.54 Å². The lowest BCUT2D eigenvalue weighted by Crippen LogP contribution is -2.21. The van der Waals surface area contributed by atoms with Gasteiger partial charge in [0.05, 0.1) is 11.6 Å². The van der Waals surface area contributed by atoms with Crippen LogP contribution in [0.25, 0.3) is 0 Å². The second kappa shape index (κ2) is 5.36. The zero-order valence-electron chi connectivity index (χ0n) is 9.97. The van der Waals surface area contributed by atoms with Crippen LogP contribution >= 0.6 is 15.9 Å². The van der Waals surface area contributed by atoms with Gasteiger partial charge in [0, 0.05) is 16.7 Å². The minimum absolute atomic E-state index is 0.273. The number of benzene rings is 1. The lowest BCUT2D eigenvalue weighted by Gasteiger charge is -2.23. The molecule has 1 aromatic rings. The molecule has 0 saturated carbocycles. The molecule has 0 heterocycles. The average Bonchev–Trinajstić information content (AvgIpc) is 2.26. The number of nitriles is 1. The van der Waals surface area contributed by atoms with Gasteiger partial charge in [-0.1, -0.05) is 36.7 Å². The molecule has 2 nitrogen and oxygen atoms in total. The fourth-order valence-corrected chi connectivity index (χ4v) is 1.72. The van der Waals surface area contributed by atoms with Gasteiger partial charge in [0.2, 0.25) is 0 Å². The van der Waals surface area contributed by atoms with Crippen LogP contribution in [0.4, 0.5) is 5.69 Å². The SMILES string of the molecule is CCC(C)(C)CNc1cc(Br)cc(C#N)c1. The molecule has 0 spiro atoms. The highest BCUT2D eigenvalue weighted by atomic mass is 79.9. The molecule has 0 bridgehead atoms. The maximum Gasteiger partial charge on any atom is 0.0992 e. The van der Waals surface area contributed by atoms with Gasteiger partial charge in [0.25, 0.3) is 0 Å². The third-order valence-electron chi connectivity index (χ3n) is 2.76. The number of nitrogens with zero attached hydrogens (tertiary/aromatic N) is 1. The predicted octanol–water partition coefficient (Wildman–Crippen LogP) is 4.17. The van der Waals surface area contributed by atoms with Crippen LogP contribution in [-0.2, 0) is 0 Å². The van der Waals surface area contributed by atoms with Crippen molar-refractivity contribution in [3.05, 3.63) is 28.2 Å². The number of hydrogen-bond acceptors (Lipinski definition) is 2. The second-order valence-electron chi connectivity index (χ2n) is 4.71. The normalized spacial score (nSPS) is 10.9. The number of rotatable bonds is 4. The van der Waals surface area contributed by atoms with Crippen LogP contribution in [0.3, 0.4) is 0 Å². The molecule has 0 aliphatic heterocycles. The monoisotopic (exact) mass is 280 g/mol. The first-order valence-corrected chi connectivity index (χ1v) is 6.21. The van der Waals surface area contributed by atoms with E-state index >= 15 is 0 Å². The number of halogens is 1. The van der Waals surface area contributed by atoms with E-state index in [0.717, 1.165) is 23.1 Å². The Balaban J connectivity index is 2.75. The molecule has 86 valence electrons. The van der Waals surface area contributed by atoms with E-state index in [-0.39, 0.29) is 5.41 Å². The molecule has 0 aliphatic rings. The maximum absolute atomic E-state index is 8.86. The van der Waals surface area contributed by atoms with Crippen molar-refractivity contribution in [3.63, 3.8) is 0 Å². The molecule has 16 heavy (non-hydrogen) atoms. The first-order chi connectivity index (χ1) is 7.46. The Hall–Kier alpha value is -1.01. The van der Waals surface area contributed by atoms with Gasteiger partial charge < -0.3 is 5.32 Å². The number of anilines is 1. The van der Waals surface area contributed by atoms with Crippen LogP contribution in [0.2, 0.25) is 0 Å². The Morgan fingerprint density at radius 3 is 2.62 bits per heavy atom. The molecule has 0 unspecified atom stereocenters.